The highest BCUT2D eigenvalue weighted by Crippen LogP contribution is 2.40. The normalized spacial score (nSPS) is 12.9. The van der Waals surface area contributed by atoms with E-state index in [9.17, 15) is 14.9 Å². The summed E-state index contributed by atoms with van der Waals surface area (Å²) in [5.41, 5.74) is 1.29. The minimum atomic E-state index is -0.642. The van der Waals surface area contributed by atoms with Gasteiger partial charge in [-0.25, -0.2) is 9.78 Å². The SMILES string of the molecule is COC(=O)c1ccc(CNc2nccc(C#N)c2[N+](=O)[O-])nc1C1CC1. The van der Waals surface area contributed by atoms with Gasteiger partial charge in [0.05, 0.1) is 35.5 Å². The maximum Gasteiger partial charge on any atom is 0.339 e. The average molecular weight is 353 g/mol. The quantitative estimate of drug-likeness (QED) is 0.476. The monoisotopic (exact) mass is 353 g/mol. The number of aromatic nitrogens is 2. The molecule has 132 valence electrons. The number of carbonyl (C=O) groups excluding carboxylic acids is 1. The van der Waals surface area contributed by atoms with Gasteiger partial charge in [-0.2, -0.15) is 5.26 Å². The van der Waals surface area contributed by atoms with E-state index in [1.807, 2.05) is 0 Å². The number of hydrogen-bond acceptors (Lipinski definition) is 8. The van der Waals surface area contributed by atoms with Crippen LogP contribution < -0.4 is 5.32 Å². The molecule has 9 heteroatoms. The van der Waals surface area contributed by atoms with Gasteiger partial charge in [0.15, 0.2) is 0 Å². The van der Waals surface area contributed by atoms with E-state index < -0.39 is 10.9 Å². The fourth-order valence-corrected chi connectivity index (χ4v) is 2.60. The highest BCUT2D eigenvalue weighted by molar-refractivity contribution is 5.90. The number of methoxy groups -OCH3 is 1. The van der Waals surface area contributed by atoms with E-state index in [0.717, 1.165) is 12.8 Å². The lowest BCUT2D eigenvalue weighted by Gasteiger charge is -2.10. The van der Waals surface area contributed by atoms with Crippen LogP contribution in [0.1, 0.15) is 46.1 Å². The third-order valence-corrected chi connectivity index (χ3v) is 4.02. The van der Waals surface area contributed by atoms with Gasteiger partial charge in [-0.15, -0.1) is 0 Å². The third kappa shape index (κ3) is 3.44. The van der Waals surface area contributed by atoms with E-state index in [-0.39, 0.29) is 29.5 Å². The molecule has 1 fully saturated rings. The van der Waals surface area contributed by atoms with E-state index in [2.05, 4.69) is 15.3 Å². The Bertz CT molecular complexity index is 918. The number of ether oxygens (including phenoxy) is 1. The fourth-order valence-electron chi connectivity index (χ4n) is 2.60. The maximum atomic E-state index is 11.9. The van der Waals surface area contributed by atoms with Crippen LogP contribution in [0.4, 0.5) is 11.5 Å². The minimum Gasteiger partial charge on any atom is -0.465 e. The Labute approximate surface area is 148 Å². The number of rotatable bonds is 6. The number of nitrogens with zero attached hydrogens (tertiary/aromatic N) is 4. The fraction of sp³-hybridized carbons (Fsp3) is 0.294. The van der Waals surface area contributed by atoms with Crippen molar-refractivity contribution in [3.05, 3.63) is 57.0 Å². The van der Waals surface area contributed by atoms with Gasteiger partial charge in [-0.3, -0.25) is 15.1 Å². The van der Waals surface area contributed by atoms with Gasteiger partial charge < -0.3 is 10.1 Å². The Morgan fingerprint density at radius 2 is 2.23 bits per heavy atom. The van der Waals surface area contributed by atoms with Crippen molar-refractivity contribution in [2.24, 2.45) is 0 Å². The predicted molar refractivity (Wildman–Crippen MR) is 90.5 cm³/mol. The summed E-state index contributed by atoms with van der Waals surface area (Å²) < 4.78 is 4.78. The molecule has 0 radical (unpaired) electrons. The second kappa shape index (κ2) is 7.14. The Hall–Kier alpha value is -3.54. The first-order valence-corrected chi connectivity index (χ1v) is 7.90. The molecule has 2 aromatic rings. The topological polar surface area (TPSA) is 131 Å². The third-order valence-electron chi connectivity index (χ3n) is 4.02. The number of anilines is 1. The second-order valence-electron chi connectivity index (χ2n) is 5.78. The lowest BCUT2D eigenvalue weighted by molar-refractivity contribution is -0.384. The zero-order chi connectivity index (χ0) is 18.7. The molecular weight excluding hydrogens is 338 g/mol. The van der Waals surface area contributed by atoms with E-state index in [1.54, 1.807) is 18.2 Å². The highest BCUT2D eigenvalue weighted by atomic mass is 16.6. The summed E-state index contributed by atoms with van der Waals surface area (Å²) >= 11 is 0. The van der Waals surface area contributed by atoms with Crippen molar-refractivity contribution in [2.75, 3.05) is 12.4 Å². The molecule has 0 bridgehead atoms. The molecule has 0 aliphatic heterocycles. The predicted octanol–water partition coefficient (Wildman–Crippen LogP) is 2.53. The molecule has 0 amide bonds. The van der Waals surface area contributed by atoms with Crippen molar-refractivity contribution in [1.82, 2.24) is 9.97 Å². The summed E-state index contributed by atoms with van der Waals surface area (Å²) in [7, 11) is 1.32. The molecule has 2 aromatic heterocycles. The molecule has 0 atom stereocenters. The minimum absolute atomic E-state index is 0.000802. The van der Waals surface area contributed by atoms with Crippen LogP contribution in [0.3, 0.4) is 0 Å². The van der Waals surface area contributed by atoms with E-state index in [0.29, 0.717) is 17.0 Å². The molecule has 0 saturated heterocycles. The lowest BCUT2D eigenvalue weighted by Crippen LogP contribution is -2.11. The van der Waals surface area contributed by atoms with Crippen molar-refractivity contribution in [3.8, 4) is 6.07 Å². The van der Waals surface area contributed by atoms with Crippen molar-refractivity contribution in [2.45, 2.75) is 25.3 Å². The molecule has 1 saturated carbocycles. The van der Waals surface area contributed by atoms with Crippen molar-refractivity contribution < 1.29 is 14.5 Å². The van der Waals surface area contributed by atoms with Crippen LogP contribution in [0.25, 0.3) is 0 Å². The highest BCUT2D eigenvalue weighted by Gasteiger charge is 2.30. The molecule has 0 aromatic carbocycles. The molecule has 1 aliphatic carbocycles. The molecule has 3 rings (SSSR count). The van der Waals surface area contributed by atoms with Crippen LogP contribution in [-0.2, 0) is 11.3 Å². The van der Waals surface area contributed by atoms with Crippen molar-refractivity contribution in [3.63, 3.8) is 0 Å². The van der Waals surface area contributed by atoms with Crippen LogP contribution in [-0.4, -0.2) is 28.0 Å². The van der Waals surface area contributed by atoms with Gasteiger partial charge in [-0.05, 0) is 31.0 Å². The second-order valence-corrected chi connectivity index (χ2v) is 5.78. The molecule has 2 heterocycles. The number of pyridine rings is 2. The molecule has 0 unspecified atom stereocenters. The van der Waals surface area contributed by atoms with E-state index in [1.165, 1.54) is 19.4 Å². The largest absolute Gasteiger partial charge is 0.465 e. The van der Waals surface area contributed by atoms with Crippen LogP contribution in [0.2, 0.25) is 0 Å². The smallest absolute Gasteiger partial charge is 0.339 e. The number of nitro groups is 1. The van der Waals surface area contributed by atoms with Gasteiger partial charge in [0.2, 0.25) is 5.82 Å². The van der Waals surface area contributed by atoms with Crippen LogP contribution in [0.15, 0.2) is 24.4 Å². The summed E-state index contributed by atoms with van der Waals surface area (Å²) in [6, 6.07) is 6.38. The first-order chi connectivity index (χ1) is 12.5. The first-order valence-electron chi connectivity index (χ1n) is 7.90. The van der Waals surface area contributed by atoms with Gasteiger partial charge in [0.25, 0.3) is 0 Å². The molecule has 0 spiro atoms. The molecule has 9 nitrogen and oxygen atoms in total. The summed E-state index contributed by atoms with van der Waals surface area (Å²) in [5, 5.41) is 23.1. The van der Waals surface area contributed by atoms with Gasteiger partial charge in [-0.1, -0.05) is 0 Å². The van der Waals surface area contributed by atoms with Crippen molar-refractivity contribution in [1.29, 1.82) is 5.26 Å². The van der Waals surface area contributed by atoms with Crippen LogP contribution >= 0.6 is 0 Å². The van der Waals surface area contributed by atoms with E-state index >= 15 is 0 Å². The molecule has 1 aliphatic rings. The van der Waals surface area contributed by atoms with E-state index in [4.69, 9.17) is 10.00 Å². The number of esters is 1. The maximum absolute atomic E-state index is 11.9. The van der Waals surface area contributed by atoms with Gasteiger partial charge in [0.1, 0.15) is 11.6 Å². The van der Waals surface area contributed by atoms with Gasteiger partial charge in [0, 0.05) is 12.1 Å². The van der Waals surface area contributed by atoms with Crippen molar-refractivity contribution >= 4 is 17.5 Å². The Morgan fingerprint density at radius 3 is 2.85 bits per heavy atom. The number of carbonyl (C=O) groups is 1. The zero-order valence-corrected chi connectivity index (χ0v) is 13.9. The lowest BCUT2D eigenvalue weighted by atomic mass is 10.1. The first kappa shape index (κ1) is 17.3. The molecular formula is C17H15N5O4. The standard InChI is InChI=1S/C17H15N5O4/c1-26-17(23)13-5-4-12(21-14(13)10-2-3-10)9-20-16-15(22(24)25)11(8-18)6-7-19-16/h4-7,10H,2-3,9H2,1H3,(H,19,20). The number of nitriles is 1. The van der Waals surface area contributed by atoms with Crippen LogP contribution in [0, 0.1) is 21.4 Å². The average Bonchev–Trinajstić information content (AvgIpc) is 3.50. The Morgan fingerprint density at radius 1 is 1.46 bits per heavy atom. The Kier molecular flexibility index (Phi) is 4.75. The number of hydrogen-bond donors (Lipinski definition) is 1. The molecule has 1 N–H and O–H groups in total. The summed E-state index contributed by atoms with van der Waals surface area (Å²) in [5.74, 6) is -0.197. The summed E-state index contributed by atoms with van der Waals surface area (Å²) in [6.07, 6.45) is 3.26. The van der Waals surface area contributed by atoms with Gasteiger partial charge >= 0.3 is 11.7 Å². The summed E-state index contributed by atoms with van der Waals surface area (Å²) in [6.45, 7) is 0.171. The Balaban J connectivity index is 1.85. The molecule has 26 heavy (non-hydrogen) atoms. The summed E-state index contributed by atoms with van der Waals surface area (Å²) in [4.78, 5) is 30.9. The van der Waals surface area contributed by atoms with Crippen LogP contribution in [0.5, 0.6) is 0 Å². The zero-order valence-electron chi connectivity index (χ0n) is 13.9. The number of nitrogens with one attached hydrogen (secondary N) is 1.